The molecule has 1 aliphatic rings. The average Bonchev–Trinajstić information content (AvgIpc) is 2.46. The van der Waals surface area contributed by atoms with E-state index < -0.39 is 11.9 Å². The lowest BCUT2D eigenvalue weighted by atomic mass is 10.1. The van der Waals surface area contributed by atoms with Crippen LogP contribution < -0.4 is 5.32 Å². The predicted octanol–water partition coefficient (Wildman–Crippen LogP) is 2.10. The van der Waals surface area contributed by atoms with Gasteiger partial charge >= 0.3 is 0 Å². The van der Waals surface area contributed by atoms with Crippen molar-refractivity contribution in [3.05, 3.63) is 34.6 Å². The van der Waals surface area contributed by atoms with Crippen LogP contribution in [0.5, 0.6) is 0 Å². The Hall–Kier alpha value is -1.62. The average molecular weight is 299 g/mol. The molecular formula is C14H16ClFN2O2. The number of nitrogens with one attached hydrogen (secondary N) is 1. The number of nitrogens with zero attached hydrogens (tertiary/aromatic N) is 1. The summed E-state index contributed by atoms with van der Waals surface area (Å²) in [5.41, 5.74) is 0.647. The van der Waals surface area contributed by atoms with E-state index in [-0.39, 0.29) is 35.8 Å². The molecule has 2 unspecified atom stereocenters. The highest BCUT2D eigenvalue weighted by molar-refractivity contribution is 6.30. The molecule has 6 heteroatoms. The van der Waals surface area contributed by atoms with Crippen LogP contribution in [0.15, 0.2) is 18.2 Å². The second-order valence-corrected chi connectivity index (χ2v) is 5.46. The molecule has 0 aliphatic carbocycles. The van der Waals surface area contributed by atoms with Crippen LogP contribution >= 0.6 is 11.6 Å². The van der Waals surface area contributed by atoms with Crippen LogP contribution in [0.1, 0.15) is 25.8 Å². The van der Waals surface area contributed by atoms with Crippen molar-refractivity contribution in [3.8, 4) is 0 Å². The van der Waals surface area contributed by atoms with Crippen molar-refractivity contribution in [1.82, 2.24) is 10.2 Å². The Morgan fingerprint density at radius 1 is 1.40 bits per heavy atom. The Morgan fingerprint density at radius 2 is 2.10 bits per heavy atom. The molecule has 0 spiro atoms. The molecule has 2 amide bonds. The molecule has 1 heterocycles. The van der Waals surface area contributed by atoms with E-state index in [0.29, 0.717) is 5.56 Å². The van der Waals surface area contributed by atoms with Crippen molar-refractivity contribution >= 4 is 23.4 Å². The summed E-state index contributed by atoms with van der Waals surface area (Å²) in [5, 5.41) is 2.68. The zero-order valence-corrected chi connectivity index (χ0v) is 12.1. The standard InChI is InChI=1S/C14H16ClFN2O2/c1-8-5-13(19)17-9(2)14(20)18(8)7-10-3-4-11(15)12(16)6-10/h3-4,6,8-9H,5,7H2,1-2H3,(H,17,19). The number of hydrogen-bond acceptors (Lipinski definition) is 2. The topological polar surface area (TPSA) is 49.4 Å². The van der Waals surface area contributed by atoms with Crippen molar-refractivity contribution in [2.24, 2.45) is 0 Å². The number of carbonyl (C=O) groups is 2. The van der Waals surface area contributed by atoms with E-state index in [9.17, 15) is 14.0 Å². The summed E-state index contributed by atoms with van der Waals surface area (Å²) in [5.74, 6) is -0.830. The summed E-state index contributed by atoms with van der Waals surface area (Å²) < 4.78 is 13.4. The largest absolute Gasteiger partial charge is 0.345 e. The van der Waals surface area contributed by atoms with Crippen LogP contribution in [-0.2, 0) is 16.1 Å². The summed E-state index contributed by atoms with van der Waals surface area (Å²) in [7, 11) is 0. The molecule has 1 saturated heterocycles. The lowest BCUT2D eigenvalue weighted by molar-refractivity contribution is -0.135. The summed E-state index contributed by atoms with van der Waals surface area (Å²) >= 11 is 5.64. The maximum atomic E-state index is 13.4. The SMILES string of the molecule is CC1NC(=O)CC(C)N(Cc2ccc(Cl)c(F)c2)C1=O. The van der Waals surface area contributed by atoms with Crippen LogP contribution in [0.4, 0.5) is 4.39 Å². The van der Waals surface area contributed by atoms with E-state index in [0.717, 1.165) is 0 Å². The van der Waals surface area contributed by atoms with Gasteiger partial charge in [-0.25, -0.2) is 4.39 Å². The second kappa shape index (κ2) is 5.79. The Labute approximate surface area is 121 Å². The monoisotopic (exact) mass is 298 g/mol. The molecule has 2 rings (SSSR count). The molecule has 4 nitrogen and oxygen atoms in total. The first-order valence-electron chi connectivity index (χ1n) is 6.42. The first kappa shape index (κ1) is 14.8. The molecule has 1 fully saturated rings. The molecule has 108 valence electrons. The van der Waals surface area contributed by atoms with Gasteiger partial charge in [0.2, 0.25) is 11.8 Å². The normalized spacial score (nSPS) is 23.5. The second-order valence-electron chi connectivity index (χ2n) is 5.06. The van der Waals surface area contributed by atoms with Gasteiger partial charge in [-0.3, -0.25) is 9.59 Å². The smallest absolute Gasteiger partial charge is 0.245 e. The van der Waals surface area contributed by atoms with Gasteiger partial charge in [0.1, 0.15) is 11.9 Å². The molecule has 0 aromatic heterocycles. The van der Waals surface area contributed by atoms with Crippen LogP contribution in [0, 0.1) is 5.82 Å². The third kappa shape index (κ3) is 3.10. The molecule has 1 N–H and O–H groups in total. The van der Waals surface area contributed by atoms with Crippen LogP contribution in [0.25, 0.3) is 0 Å². The maximum Gasteiger partial charge on any atom is 0.245 e. The predicted molar refractivity (Wildman–Crippen MR) is 73.6 cm³/mol. The molecular weight excluding hydrogens is 283 g/mol. The van der Waals surface area contributed by atoms with Crippen molar-refractivity contribution in [3.63, 3.8) is 0 Å². The van der Waals surface area contributed by atoms with Crippen molar-refractivity contribution in [2.75, 3.05) is 0 Å². The minimum Gasteiger partial charge on any atom is -0.345 e. The number of rotatable bonds is 2. The van der Waals surface area contributed by atoms with E-state index in [1.807, 2.05) is 6.92 Å². The van der Waals surface area contributed by atoms with E-state index >= 15 is 0 Å². The molecule has 1 aliphatic heterocycles. The Morgan fingerprint density at radius 3 is 2.75 bits per heavy atom. The van der Waals surface area contributed by atoms with Crippen molar-refractivity contribution in [2.45, 2.75) is 38.9 Å². The summed E-state index contributed by atoms with van der Waals surface area (Å²) in [4.78, 5) is 25.4. The minimum absolute atomic E-state index is 0.0502. The molecule has 1 aromatic carbocycles. The fraction of sp³-hybridized carbons (Fsp3) is 0.429. The number of hydrogen-bond donors (Lipinski definition) is 1. The van der Waals surface area contributed by atoms with E-state index in [1.165, 1.54) is 12.1 Å². The zero-order valence-electron chi connectivity index (χ0n) is 11.3. The van der Waals surface area contributed by atoms with Crippen molar-refractivity contribution in [1.29, 1.82) is 0 Å². The van der Waals surface area contributed by atoms with Gasteiger partial charge < -0.3 is 10.2 Å². The molecule has 0 bridgehead atoms. The summed E-state index contributed by atoms with van der Waals surface area (Å²) in [6.45, 7) is 3.71. The molecule has 2 atom stereocenters. The number of benzene rings is 1. The Bertz CT molecular complexity index is 550. The van der Waals surface area contributed by atoms with E-state index in [2.05, 4.69) is 5.32 Å². The Kier molecular flexibility index (Phi) is 4.28. The number of amides is 2. The fourth-order valence-corrected chi connectivity index (χ4v) is 2.39. The lowest BCUT2D eigenvalue weighted by Crippen LogP contribution is -2.44. The van der Waals surface area contributed by atoms with E-state index in [1.54, 1.807) is 17.9 Å². The molecule has 0 radical (unpaired) electrons. The molecule has 0 saturated carbocycles. The lowest BCUT2D eigenvalue weighted by Gasteiger charge is -2.28. The van der Waals surface area contributed by atoms with Crippen LogP contribution in [0.2, 0.25) is 5.02 Å². The molecule has 20 heavy (non-hydrogen) atoms. The van der Waals surface area contributed by atoms with Crippen LogP contribution in [0.3, 0.4) is 0 Å². The van der Waals surface area contributed by atoms with Crippen molar-refractivity contribution < 1.29 is 14.0 Å². The van der Waals surface area contributed by atoms with Gasteiger partial charge in [-0.15, -0.1) is 0 Å². The number of carbonyl (C=O) groups excluding carboxylic acids is 2. The van der Waals surface area contributed by atoms with Crippen LogP contribution in [-0.4, -0.2) is 28.8 Å². The quantitative estimate of drug-likeness (QED) is 0.909. The summed E-state index contributed by atoms with van der Waals surface area (Å²) in [6.07, 6.45) is 0.242. The maximum absolute atomic E-state index is 13.4. The Balaban J connectivity index is 2.22. The van der Waals surface area contributed by atoms with Gasteiger partial charge in [0.05, 0.1) is 5.02 Å². The number of halogens is 2. The zero-order chi connectivity index (χ0) is 14.9. The van der Waals surface area contributed by atoms with Gasteiger partial charge in [-0.05, 0) is 31.5 Å². The van der Waals surface area contributed by atoms with Gasteiger partial charge in [-0.1, -0.05) is 17.7 Å². The fourth-order valence-electron chi connectivity index (χ4n) is 2.28. The van der Waals surface area contributed by atoms with Gasteiger partial charge in [0.15, 0.2) is 0 Å². The first-order chi connectivity index (χ1) is 9.38. The highest BCUT2D eigenvalue weighted by Gasteiger charge is 2.31. The highest BCUT2D eigenvalue weighted by Crippen LogP contribution is 2.19. The van der Waals surface area contributed by atoms with Gasteiger partial charge in [0, 0.05) is 19.0 Å². The minimum atomic E-state index is -0.565. The first-order valence-corrected chi connectivity index (χ1v) is 6.80. The third-order valence-electron chi connectivity index (χ3n) is 3.38. The summed E-state index contributed by atoms with van der Waals surface area (Å²) in [6, 6.07) is 3.66. The third-order valence-corrected chi connectivity index (χ3v) is 3.69. The van der Waals surface area contributed by atoms with E-state index in [4.69, 9.17) is 11.6 Å². The molecule has 1 aromatic rings. The van der Waals surface area contributed by atoms with Gasteiger partial charge in [0.25, 0.3) is 0 Å². The highest BCUT2D eigenvalue weighted by atomic mass is 35.5. The van der Waals surface area contributed by atoms with Gasteiger partial charge in [-0.2, -0.15) is 0 Å².